The first-order valence-corrected chi connectivity index (χ1v) is 7.80. The molecule has 1 aliphatic heterocycles. The second kappa shape index (κ2) is 6.42. The van der Waals surface area contributed by atoms with Gasteiger partial charge < -0.3 is 4.74 Å². The molecule has 0 N–H and O–H groups in total. The van der Waals surface area contributed by atoms with E-state index in [2.05, 4.69) is 0 Å². The number of hydrogen-bond donors (Lipinski definition) is 0. The molecule has 2 amide bonds. The highest BCUT2D eigenvalue weighted by Gasteiger charge is 2.34. The number of nitrogens with zero attached hydrogens (tertiary/aromatic N) is 1. The van der Waals surface area contributed by atoms with Crippen LogP contribution in [0.1, 0.15) is 32.7 Å². The number of aryl methyl sites for hydroxylation is 1. The maximum Gasteiger partial charge on any atom is 0.261 e. The Bertz CT molecular complexity index is 738. The van der Waals surface area contributed by atoms with Crippen LogP contribution in [-0.2, 0) is 0 Å². The molecule has 0 fully saturated rings. The molecule has 2 aromatic carbocycles. The summed E-state index contributed by atoms with van der Waals surface area (Å²) in [4.78, 5) is 25.7. The Labute approximate surface area is 139 Å². The molecular formula is C18H16ClNO3. The molecule has 0 bridgehead atoms. The standard InChI is InChI=1S/C18H16ClNO3/c1-12-7-8-15(19)16(11-12)23-10-4-9-20-17(21)13-5-2-3-6-14(13)18(20)22/h2-3,5-8,11H,4,9-10H2,1H3. The van der Waals surface area contributed by atoms with Crippen molar-refractivity contribution >= 4 is 23.4 Å². The topological polar surface area (TPSA) is 46.6 Å². The normalized spacial score (nSPS) is 13.4. The highest BCUT2D eigenvalue weighted by molar-refractivity contribution is 6.32. The van der Waals surface area contributed by atoms with Crippen molar-refractivity contribution < 1.29 is 14.3 Å². The number of imide groups is 1. The number of rotatable bonds is 5. The van der Waals surface area contributed by atoms with E-state index in [0.717, 1.165) is 5.56 Å². The molecule has 0 radical (unpaired) electrons. The summed E-state index contributed by atoms with van der Waals surface area (Å²) in [6.45, 7) is 2.67. The maximum atomic E-state index is 12.2. The van der Waals surface area contributed by atoms with Crippen LogP contribution in [-0.4, -0.2) is 29.9 Å². The Morgan fingerprint density at radius 3 is 2.35 bits per heavy atom. The van der Waals surface area contributed by atoms with E-state index in [9.17, 15) is 9.59 Å². The van der Waals surface area contributed by atoms with Gasteiger partial charge in [0.25, 0.3) is 11.8 Å². The summed E-state index contributed by atoms with van der Waals surface area (Å²) in [6.07, 6.45) is 0.551. The van der Waals surface area contributed by atoms with Crippen molar-refractivity contribution in [1.82, 2.24) is 4.90 Å². The largest absolute Gasteiger partial charge is 0.492 e. The molecule has 4 nitrogen and oxygen atoms in total. The van der Waals surface area contributed by atoms with Crippen LogP contribution >= 0.6 is 11.6 Å². The Kier molecular flexibility index (Phi) is 4.35. The molecule has 5 heteroatoms. The predicted octanol–water partition coefficient (Wildman–Crippen LogP) is 3.71. The quantitative estimate of drug-likeness (QED) is 0.620. The second-order valence-electron chi connectivity index (χ2n) is 5.44. The fourth-order valence-electron chi connectivity index (χ4n) is 2.57. The van der Waals surface area contributed by atoms with E-state index in [4.69, 9.17) is 16.3 Å². The minimum absolute atomic E-state index is 0.237. The van der Waals surface area contributed by atoms with Gasteiger partial charge in [-0.15, -0.1) is 0 Å². The summed E-state index contributed by atoms with van der Waals surface area (Å²) in [5.74, 6) is 0.146. The lowest BCUT2D eigenvalue weighted by molar-refractivity contribution is 0.0647. The molecule has 0 atom stereocenters. The summed E-state index contributed by atoms with van der Waals surface area (Å²) in [5, 5.41) is 0.552. The van der Waals surface area contributed by atoms with Gasteiger partial charge in [0, 0.05) is 6.54 Å². The van der Waals surface area contributed by atoms with E-state index in [1.54, 1.807) is 30.3 Å². The molecule has 1 heterocycles. The zero-order valence-corrected chi connectivity index (χ0v) is 13.5. The average Bonchev–Trinajstić information content (AvgIpc) is 2.79. The molecule has 0 saturated heterocycles. The molecule has 0 saturated carbocycles. The van der Waals surface area contributed by atoms with Crippen molar-refractivity contribution in [3.05, 3.63) is 64.2 Å². The number of hydrogen-bond acceptors (Lipinski definition) is 3. The monoisotopic (exact) mass is 329 g/mol. The average molecular weight is 330 g/mol. The molecule has 0 aromatic heterocycles. The van der Waals surface area contributed by atoms with Crippen molar-refractivity contribution in [1.29, 1.82) is 0 Å². The third-order valence-electron chi connectivity index (χ3n) is 3.75. The van der Waals surface area contributed by atoms with Crippen molar-refractivity contribution in [3.63, 3.8) is 0 Å². The maximum absolute atomic E-state index is 12.2. The van der Waals surface area contributed by atoms with Crippen molar-refractivity contribution in [2.75, 3.05) is 13.2 Å². The predicted molar refractivity (Wildman–Crippen MR) is 88.1 cm³/mol. The van der Waals surface area contributed by atoms with Crippen LogP contribution in [0, 0.1) is 6.92 Å². The number of amides is 2. The first kappa shape index (κ1) is 15.6. The van der Waals surface area contributed by atoms with E-state index in [1.165, 1.54) is 4.90 Å². The Morgan fingerprint density at radius 1 is 1.04 bits per heavy atom. The van der Waals surface area contributed by atoms with Gasteiger partial charge in [-0.25, -0.2) is 0 Å². The van der Waals surface area contributed by atoms with Crippen LogP contribution < -0.4 is 4.74 Å². The number of carbonyl (C=O) groups is 2. The van der Waals surface area contributed by atoms with Gasteiger partial charge >= 0.3 is 0 Å². The molecule has 3 rings (SSSR count). The summed E-state index contributed by atoms with van der Waals surface area (Å²) in [7, 11) is 0. The Morgan fingerprint density at radius 2 is 1.70 bits per heavy atom. The van der Waals surface area contributed by atoms with Gasteiger partial charge in [-0.3, -0.25) is 14.5 Å². The third-order valence-corrected chi connectivity index (χ3v) is 4.06. The lowest BCUT2D eigenvalue weighted by Crippen LogP contribution is -2.31. The van der Waals surface area contributed by atoms with Crippen LogP contribution in [0.25, 0.3) is 0 Å². The zero-order chi connectivity index (χ0) is 16.4. The summed E-state index contributed by atoms with van der Waals surface area (Å²) in [5.41, 5.74) is 2.00. The van der Waals surface area contributed by atoms with Gasteiger partial charge in [0.05, 0.1) is 22.8 Å². The van der Waals surface area contributed by atoms with Crippen LogP contribution in [0.4, 0.5) is 0 Å². The van der Waals surface area contributed by atoms with Crippen molar-refractivity contribution in [3.8, 4) is 5.75 Å². The van der Waals surface area contributed by atoms with Gasteiger partial charge in [-0.05, 0) is 43.2 Å². The lowest BCUT2D eigenvalue weighted by Gasteiger charge is -2.14. The van der Waals surface area contributed by atoms with Crippen molar-refractivity contribution in [2.45, 2.75) is 13.3 Å². The smallest absolute Gasteiger partial charge is 0.261 e. The first-order valence-electron chi connectivity index (χ1n) is 7.42. The van der Waals surface area contributed by atoms with E-state index in [1.807, 2.05) is 19.1 Å². The summed E-state index contributed by atoms with van der Waals surface area (Å²) >= 11 is 6.07. The zero-order valence-electron chi connectivity index (χ0n) is 12.7. The second-order valence-corrected chi connectivity index (χ2v) is 5.85. The lowest BCUT2D eigenvalue weighted by atomic mass is 10.1. The van der Waals surface area contributed by atoms with Gasteiger partial charge in [-0.2, -0.15) is 0 Å². The number of ether oxygens (including phenoxy) is 1. The summed E-state index contributed by atoms with van der Waals surface area (Å²) < 4.78 is 5.64. The van der Waals surface area contributed by atoms with Crippen LogP contribution in [0.2, 0.25) is 5.02 Å². The van der Waals surface area contributed by atoms with E-state index < -0.39 is 0 Å². The molecule has 2 aromatic rings. The van der Waals surface area contributed by atoms with Gasteiger partial charge in [0.15, 0.2) is 0 Å². The molecule has 118 valence electrons. The minimum Gasteiger partial charge on any atom is -0.492 e. The molecular weight excluding hydrogens is 314 g/mol. The highest BCUT2D eigenvalue weighted by atomic mass is 35.5. The molecule has 0 spiro atoms. The van der Waals surface area contributed by atoms with Crippen LogP contribution in [0.15, 0.2) is 42.5 Å². The number of halogens is 1. The van der Waals surface area contributed by atoms with Crippen molar-refractivity contribution in [2.24, 2.45) is 0 Å². The molecule has 1 aliphatic rings. The Balaban J connectivity index is 1.57. The van der Waals surface area contributed by atoms with Gasteiger partial charge in [0.2, 0.25) is 0 Å². The van der Waals surface area contributed by atoms with Gasteiger partial charge in [0.1, 0.15) is 5.75 Å². The molecule has 0 aliphatic carbocycles. The molecule has 23 heavy (non-hydrogen) atoms. The number of fused-ring (bicyclic) bond motifs is 1. The minimum atomic E-state index is -0.237. The number of carbonyl (C=O) groups excluding carboxylic acids is 2. The van der Waals surface area contributed by atoms with Crippen LogP contribution in [0.3, 0.4) is 0 Å². The van der Waals surface area contributed by atoms with E-state index in [-0.39, 0.29) is 11.8 Å². The van der Waals surface area contributed by atoms with Crippen LogP contribution in [0.5, 0.6) is 5.75 Å². The third kappa shape index (κ3) is 3.08. The highest BCUT2D eigenvalue weighted by Crippen LogP contribution is 2.26. The number of benzene rings is 2. The van der Waals surface area contributed by atoms with E-state index >= 15 is 0 Å². The first-order chi connectivity index (χ1) is 11.1. The van der Waals surface area contributed by atoms with E-state index in [0.29, 0.717) is 41.5 Å². The summed E-state index contributed by atoms with van der Waals surface area (Å²) in [6, 6.07) is 12.4. The fourth-order valence-corrected chi connectivity index (χ4v) is 2.74. The molecule has 0 unspecified atom stereocenters. The Hall–Kier alpha value is -2.33. The van der Waals surface area contributed by atoms with Gasteiger partial charge in [-0.1, -0.05) is 29.8 Å². The SMILES string of the molecule is Cc1ccc(Cl)c(OCCCN2C(=O)c3ccccc3C2=O)c1. The fraction of sp³-hybridized carbons (Fsp3) is 0.222.